The second kappa shape index (κ2) is 8.17. The fourth-order valence-corrected chi connectivity index (χ4v) is 3.84. The predicted molar refractivity (Wildman–Crippen MR) is 116 cm³/mol. The van der Waals surface area contributed by atoms with Gasteiger partial charge in [0.05, 0.1) is 16.2 Å². The monoisotopic (exact) mass is 410 g/mol. The molecule has 0 saturated heterocycles. The van der Waals surface area contributed by atoms with Gasteiger partial charge in [0.1, 0.15) is 11.6 Å². The van der Waals surface area contributed by atoms with Gasteiger partial charge in [-0.05, 0) is 41.7 Å². The van der Waals surface area contributed by atoms with E-state index in [-0.39, 0.29) is 16.7 Å². The van der Waals surface area contributed by atoms with Crippen LogP contribution in [0.4, 0.5) is 4.39 Å². The van der Waals surface area contributed by atoms with Crippen molar-refractivity contribution in [1.82, 2.24) is 5.43 Å². The minimum absolute atomic E-state index is 0.0598. The Morgan fingerprint density at radius 3 is 2.45 bits per heavy atom. The summed E-state index contributed by atoms with van der Waals surface area (Å²) < 4.78 is 13.3. The number of nitrogens with one attached hydrogen (secondary N) is 1. The number of hydrazone groups is 1. The highest BCUT2D eigenvalue weighted by Gasteiger charge is 2.17. The summed E-state index contributed by atoms with van der Waals surface area (Å²) in [5.41, 5.74) is 5.78. The van der Waals surface area contributed by atoms with Crippen molar-refractivity contribution in [3.05, 3.63) is 76.4 Å². The summed E-state index contributed by atoms with van der Waals surface area (Å²) in [6.45, 7) is 8.15. The Morgan fingerprint density at radius 2 is 1.83 bits per heavy atom. The summed E-state index contributed by atoms with van der Waals surface area (Å²) in [7, 11) is 0. The number of carbonyl (C=O) groups is 1. The number of amides is 1. The van der Waals surface area contributed by atoms with Crippen LogP contribution in [0, 0.1) is 5.82 Å². The Morgan fingerprint density at radius 1 is 1.14 bits per heavy atom. The fraction of sp³-hybridized carbons (Fsp3) is 0.217. The van der Waals surface area contributed by atoms with E-state index in [9.17, 15) is 14.3 Å². The molecule has 0 fully saturated rings. The molecule has 6 heteroatoms. The zero-order valence-electron chi connectivity index (χ0n) is 16.8. The molecule has 0 bridgehead atoms. The van der Waals surface area contributed by atoms with Crippen molar-refractivity contribution in [2.24, 2.45) is 5.10 Å². The zero-order chi connectivity index (χ0) is 21.2. The van der Waals surface area contributed by atoms with E-state index in [0.717, 1.165) is 16.5 Å². The van der Waals surface area contributed by atoms with Gasteiger partial charge in [0.25, 0.3) is 5.91 Å². The molecule has 0 saturated carbocycles. The van der Waals surface area contributed by atoms with E-state index in [0.29, 0.717) is 11.3 Å². The summed E-state index contributed by atoms with van der Waals surface area (Å²) >= 11 is 1.41. The van der Waals surface area contributed by atoms with Crippen LogP contribution in [0.5, 0.6) is 5.75 Å². The van der Waals surface area contributed by atoms with Gasteiger partial charge in [-0.2, -0.15) is 5.10 Å². The van der Waals surface area contributed by atoms with Crippen LogP contribution < -0.4 is 5.43 Å². The van der Waals surface area contributed by atoms with Gasteiger partial charge in [-0.3, -0.25) is 4.79 Å². The summed E-state index contributed by atoms with van der Waals surface area (Å²) in [5, 5.41) is 16.5. The molecule has 0 spiro atoms. The Bertz CT molecular complexity index is 1060. The van der Waals surface area contributed by atoms with E-state index >= 15 is 0 Å². The number of thiophene rings is 1. The standard InChI is InChI=1S/C23H23FN2O2S/c1-14(25-26-22(28)16-6-5-7-18(24)12-16)19-13-29-21(20(19)27)15-8-10-17(11-9-15)23(2,3)4/h5-13,27H,1-4H3,(H,26,28). The van der Waals surface area contributed by atoms with Crippen molar-refractivity contribution >= 4 is 23.0 Å². The van der Waals surface area contributed by atoms with Crippen LogP contribution in [0.25, 0.3) is 10.4 Å². The molecule has 4 nitrogen and oxygen atoms in total. The van der Waals surface area contributed by atoms with Gasteiger partial charge in [0.2, 0.25) is 0 Å². The molecule has 1 amide bonds. The molecule has 150 valence electrons. The van der Waals surface area contributed by atoms with E-state index in [1.807, 2.05) is 12.1 Å². The first-order valence-electron chi connectivity index (χ1n) is 9.19. The lowest BCUT2D eigenvalue weighted by atomic mass is 9.86. The van der Waals surface area contributed by atoms with Gasteiger partial charge in [-0.1, -0.05) is 51.1 Å². The molecule has 0 aliphatic carbocycles. The molecule has 3 aromatic rings. The molecule has 2 aromatic carbocycles. The number of aromatic hydroxyl groups is 1. The van der Waals surface area contributed by atoms with E-state index < -0.39 is 11.7 Å². The van der Waals surface area contributed by atoms with Gasteiger partial charge in [-0.25, -0.2) is 9.82 Å². The number of halogens is 1. The lowest BCUT2D eigenvalue weighted by Gasteiger charge is -2.19. The first-order valence-corrected chi connectivity index (χ1v) is 10.1. The van der Waals surface area contributed by atoms with Crippen LogP contribution in [0.15, 0.2) is 59.0 Å². The second-order valence-electron chi connectivity index (χ2n) is 7.80. The first kappa shape index (κ1) is 20.7. The molecule has 0 unspecified atom stereocenters. The second-order valence-corrected chi connectivity index (χ2v) is 8.68. The average Bonchev–Trinajstić information content (AvgIpc) is 3.06. The average molecular weight is 411 g/mol. The highest BCUT2D eigenvalue weighted by atomic mass is 32.1. The molecular weight excluding hydrogens is 387 g/mol. The van der Waals surface area contributed by atoms with Crippen molar-refractivity contribution in [3.8, 4) is 16.2 Å². The minimum atomic E-state index is -0.517. The Hall–Kier alpha value is -2.99. The SMILES string of the molecule is CC(=NNC(=O)c1cccc(F)c1)c1csc(-c2ccc(C(C)(C)C)cc2)c1O. The van der Waals surface area contributed by atoms with Gasteiger partial charge in [0, 0.05) is 10.9 Å². The number of carbonyl (C=O) groups excluding carboxylic acids is 1. The third-order valence-electron chi connectivity index (χ3n) is 4.58. The van der Waals surface area contributed by atoms with Crippen molar-refractivity contribution in [1.29, 1.82) is 0 Å². The highest BCUT2D eigenvalue weighted by molar-refractivity contribution is 7.14. The number of hydrogen-bond acceptors (Lipinski definition) is 4. The number of benzene rings is 2. The van der Waals surface area contributed by atoms with E-state index in [1.54, 1.807) is 12.3 Å². The fourth-order valence-electron chi connectivity index (χ4n) is 2.82. The Labute approximate surface area is 173 Å². The maximum atomic E-state index is 13.3. The summed E-state index contributed by atoms with van der Waals surface area (Å²) in [6.07, 6.45) is 0. The van der Waals surface area contributed by atoms with Crippen LogP contribution in [-0.4, -0.2) is 16.7 Å². The smallest absolute Gasteiger partial charge is 0.271 e. The maximum Gasteiger partial charge on any atom is 0.271 e. The number of nitrogens with zero attached hydrogens (tertiary/aromatic N) is 1. The quantitative estimate of drug-likeness (QED) is 0.427. The zero-order valence-corrected chi connectivity index (χ0v) is 17.6. The predicted octanol–water partition coefficient (Wildman–Crippen LogP) is 5.71. The molecule has 0 aliphatic rings. The molecule has 0 aliphatic heterocycles. The molecule has 2 N–H and O–H groups in total. The summed E-state index contributed by atoms with van der Waals surface area (Å²) in [6, 6.07) is 13.5. The minimum Gasteiger partial charge on any atom is -0.506 e. The van der Waals surface area contributed by atoms with Crippen molar-refractivity contribution in [3.63, 3.8) is 0 Å². The van der Waals surface area contributed by atoms with Crippen LogP contribution in [0.1, 0.15) is 49.2 Å². The molecule has 0 radical (unpaired) electrons. The molecule has 0 atom stereocenters. The van der Waals surface area contributed by atoms with Crippen LogP contribution in [0.3, 0.4) is 0 Å². The third kappa shape index (κ3) is 4.71. The molecule has 29 heavy (non-hydrogen) atoms. The van der Waals surface area contributed by atoms with Gasteiger partial charge < -0.3 is 5.11 Å². The van der Waals surface area contributed by atoms with E-state index in [4.69, 9.17) is 0 Å². The third-order valence-corrected chi connectivity index (χ3v) is 5.60. The number of rotatable bonds is 4. The number of hydrogen-bond donors (Lipinski definition) is 2. The van der Waals surface area contributed by atoms with Crippen molar-refractivity contribution in [2.45, 2.75) is 33.1 Å². The van der Waals surface area contributed by atoms with Crippen LogP contribution in [0.2, 0.25) is 0 Å². The van der Waals surface area contributed by atoms with E-state index in [2.05, 4.69) is 43.4 Å². The van der Waals surface area contributed by atoms with E-state index in [1.165, 1.54) is 35.1 Å². The molecule has 3 rings (SSSR count). The first-order chi connectivity index (χ1) is 13.7. The van der Waals surface area contributed by atoms with Crippen LogP contribution in [-0.2, 0) is 5.41 Å². The van der Waals surface area contributed by atoms with Gasteiger partial charge in [-0.15, -0.1) is 11.3 Å². The van der Waals surface area contributed by atoms with Crippen molar-refractivity contribution < 1.29 is 14.3 Å². The molecule has 1 heterocycles. The largest absolute Gasteiger partial charge is 0.506 e. The Balaban J connectivity index is 1.79. The lowest BCUT2D eigenvalue weighted by Crippen LogP contribution is -2.19. The molecular formula is C23H23FN2O2S. The lowest BCUT2D eigenvalue weighted by molar-refractivity contribution is 0.0954. The highest BCUT2D eigenvalue weighted by Crippen LogP contribution is 2.39. The van der Waals surface area contributed by atoms with Gasteiger partial charge in [0.15, 0.2) is 0 Å². The maximum absolute atomic E-state index is 13.3. The molecule has 1 aromatic heterocycles. The van der Waals surface area contributed by atoms with Gasteiger partial charge >= 0.3 is 0 Å². The summed E-state index contributed by atoms with van der Waals surface area (Å²) in [5.74, 6) is -0.882. The van der Waals surface area contributed by atoms with Crippen LogP contribution >= 0.6 is 11.3 Å². The normalized spacial score (nSPS) is 12.1. The van der Waals surface area contributed by atoms with Crippen molar-refractivity contribution in [2.75, 3.05) is 0 Å². The topological polar surface area (TPSA) is 61.7 Å². The Kier molecular flexibility index (Phi) is 5.84. The summed E-state index contributed by atoms with van der Waals surface area (Å²) in [4.78, 5) is 12.9.